The summed E-state index contributed by atoms with van der Waals surface area (Å²) in [6.07, 6.45) is 7.09. The Balaban J connectivity index is 1.23. The van der Waals surface area contributed by atoms with Crippen LogP contribution in [0.2, 0.25) is 0 Å². The fraction of sp³-hybridized carbons (Fsp3) is 0.812. The van der Waals surface area contributed by atoms with E-state index < -0.39 is 72.7 Å². The smallest absolute Gasteiger partial charge is 0.251 e. The second kappa shape index (κ2) is 71.5. The first-order valence-electron chi connectivity index (χ1n) is 52.4. The molecule has 0 bridgehead atoms. The number of hydrogen-bond donors (Lipinski definition) is 13. The molecule has 1 aromatic rings. The number of amides is 13. The third-order valence-electron chi connectivity index (χ3n) is 27.1. The maximum atomic E-state index is 14.2. The second-order valence-corrected chi connectivity index (χ2v) is 38.0. The molecule has 4 aliphatic rings. The lowest BCUT2D eigenvalue weighted by Gasteiger charge is -2.44. The lowest BCUT2D eigenvalue weighted by atomic mass is 9.81. The van der Waals surface area contributed by atoms with E-state index >= 15 is 0 Å². The van der Waals surface area contributed by atoms with E-state index in [0.29, 0.717) is 136 Å². The summed E-state index contributed by atoms with van der Waals surface area (Å²) in [5.74, 6) is -3.34. The van der Waals surface area contributed by atoms with Gasteiger partial charge in [-0.1, -0.05) is 88.2 Å². The third-order valence-corrected chi connectivity index (χ3v) is 27.1. The first-order chi connectivity index (χ1) is 68.6. The molecule has 4 heterocycles. The van der Waals surface area contributed by atoms with Gasteiger partial charge in [0, 0.05) is 148 Å². The maximum absolute atomic E-state index is 14.2. The predicted octanol–water partition coefficient (Wildman–Crippen LogP) is 7.58. The molecule has 0 aromatic heterocycles. The average Bonchev–Trinajstić information content (AvgIpc) is 0.818. The van der Waals surface area contributed by atoms with Gasteiger partial charge in [-0.05, 0) is 187 Å². The van der Waals surface area contributed by atoms with Crippen molar-refractivity contribution in [3.63, 3.8) is 0 Å². The molecule has 4 fully saturated rings. The van der Waals surface area contributed by atoms with Crippen LogP contribution in [-0.4, -0.2) is 301 Å². The molecule has 0 spiro atoms. The molecule has 20 unspecified atom stereocenters. The normalized spacial score (nSPS) is 24.5. The largest absolute Gasteiger partial charge is 0.492 e. The van der Waals surface area contributed by atoms with Gasteiger partial charge in [0.25, 0.3) is 11.8 Å². The van der Waals surface area contributed by atoms with E-state index in [1.807, 2.05) is 13.8 Å². The summed E-state index contributed by atoms with van der Waals surface area (Å²) in [6.45, 7) is 34.4. The number of azide groups is 1. The van der Waals surface area contributed by atoms with Gasteiger partial charge in [0.2, 0.25) is 65.0 Å². The Kier molecular flexibility index (Phi) is 62.2. The van der Waals surface area contributed by atoms with Crippen molar-refractivity contribution in [1.82, 2.24) is 69.1 Å². The van der Waals surface area contributed by atoms with Gasteiger partial charge in [0.15, 0.2) is 25.2 Å². The van der Waals surface area contributed by atoms with Gasteiger partial charge in [-0.3, -0.25) is 62.3 Å². The predicted molar refractivity (Wildman–Crippen MR) is 534 cm³/mol. The summed E-state index contributed by atoms with van der Waals surface area (Å²) >= 11 is 0. The number of ether oxygens (including phenoxy) is 13. The minimum Gasteiger partial charge on any atom is -0.492 e. The zero-order chi connectivity index (χ0) is 105. The zero-order valence-corrected chi connectivity index (χ0v) is 88.0. The second-order valence-electron chi connectivity index (χ2n) is 38.0. The highest BCUT2D eigenvalue weighted by atomic mass is 16.7. The van der Waals surface area contributed by atoms with E-state index in [1.54, 1.807) is 0 Å². The Morgan fingerprint density at radius 2 is 0.629 bits per heavy atom. The molecule has 5 rings (SSSR count). The first kappa shape index (κ1) is 124. The molecular formula is C101H174N16O26. The van der Waals surface area contributed by atoms with E-state index in [-0.39, 0.29) is 278 Å². The lowest BCUT2D eigenvalue weighted by molar-refractivity contribution is -0.236. The summed E-state index contributed by atoms with van der Waals surface area (Å²) in [4.78, 5) is 175. The van der Waals surface area contributed by atoms with Crippen LogP contribution in [0.1, 0.15) is 279 Å². The van der Waals surface area contributed by atoms with Crippen LogP contribution in [0.3, 0.4) is 0 Å². The van der Waals surface area contributed by atoms with Crippen molar-refractivity contribution >= 4 is 76.8 Å². The van der Waals surface area contributed by atoms with Gasteiger partial charge in [-0.2, -0.15) is 0 Å². The molecule has 814 valence electrons. The standard InChI is InChI=1S/C101H174N16O26/c1-17-81-64(5)68(9)90(111-72(13)118)98(140-81)136-48-29-23-35-85(122)103-40-27-21-33-79(115-88(125)37-25-31-50-138-100-92(113-74(15)120)70(11)66(7)83(19-3)142-100)96(129)108-44-42-106-94(127)76-61-77(63-78(62-76)135-54-46-105-87(124)39-52-131-55-57-133-59-60-134-58-56-132-53-47-110-117-102)95(128)107-43-45-109-97(130)80(116-89(126)38-26-32-51-139-101-93(114-75(16)121)71(12)67(8)84(20-4)143-101)34-22-28-41-104-86(123)36-24-30-49-137-99-91(112-73(14)119)69(10)65(6)82(18-2)141-99/h61-71,79-84,90-93,98-101H,17-60H2,1-16H3,(H,103,122)(H,104,123)(H,105,124)(H,106,127)(H,107,128)(H,108,129)(H,109,130)(H,111,118)(H,112,119)(H,113,120)(H,114,121)(H,115,125)(H,116,126)/t64?,65?,66?,67?,68?,69?,70?,71?,79-,80-,81?,82?,83?,84?,90?,91?,92?,93?,98?,99?,100?,101?/m0/s1. The van der Waals surface area contributed by atoms with Crippen molar-refractivity contribution in [2.24, 2.45) is 52.5 Å². The summed E-state index contributed by atoms with van der Waals surface area (Å²) in [6, 6.07) is 0.745. The number of rotatable bonds is 73. The summed E-state index contributed by atoms with van der Waals surface area (Å²) in [5.41, 5.74) is 8.33. The van der Waals surface area contributed by atoms with Crippen LogP contribution in [-0.2, 0) is 110 Å². The molecule has 0 aliphatic carbocycles. The zero-order valence-electron chi connectivity index (χ0n) is 88.0. The Morgan fingerprint density at radius 1 is 0.329 bits per heavy atom. The molecule has 0 saturated carbocycles. The summed E-state index contributed by atoms with van der Waals surface area (Å²) in [5, 5.41) is 41.1. The summed E-state index contributed by atoms with van der Waals surface area (Å²) in [7, 11) is 0. The number of nitrogens with one attached hydrogen (secondary N) is 13. The van der Waals surface area contributed by atoms with Gasteiger partial charge in [-0.15, -0.1) is 0 Å². The minimum atomic E-state index is -1.02. The lowest BCUT2D eigenvalue weighted by Crippen LogP contribution is -2.57. The Morgan fingerprint density at radius 3 is 0.951 bits per heavy atom. The Bertz CT molecular complexity index is 3800. The third kappa shape index (κ3) is 48.4. The van der Waals surface area contributed by atoms with E-state index in [2.05, 4.69) is 148 Å². The first-order valence-corrected chi connectivity index (χ1v) is 52.4. The van der Waals surface area contributed by atoms with Gasteiger partial charge in [0.05, 0.1) is 108 Å². The molecular weight excluding hydrogens is 1850 g/mol. The number of carbonyl (C=O) groups excluding carboxylic acids is 13. The van der Waals surface area contributed by atoms with Gasteiger partial charge in [0.1, 0.15) is 24.4 Å². The van der Waals surface area contributed by atoms with Crippen molar-refractivity contribution < 1.29 is 124 Å². The SMILES string of the molecule is CCC1OC(OCCCCC(=O)NCCCC[C@H](NC(=O)CCCCOC2OC(CC)C(C)C(C)C2NC(C)=O)C(=O)NCCNC(=O)c2cc(OCCNC(=O)CCOCCOCCOCCOCCN=[N+]=[N-])cc(C(=O)NCCNC(=O)[C@H](CCCCNC(=O)CCCCOC3OC(CC)C(C)C(C)C3NC(C)=O)NC(=O)CCCCOC3OC(CC)C(C)C(C)C3NC(C)=O)c2)C(NC(C)=O)C(C)C1C. The maximum Gasteiger partial charge on any atom is 0.251 e. The Labute approximate surface area is 846 Å². The molecule has 4 aliphatic heterocycles. The van der Waals surface area contributed by atoms with Crippen LogP contribution in [0, 0.1) is 47.3 Å². The summed E-state index contributed by atoms with van der Waals surface area (Å²) < 4.78 is 77.9. The van der Waals surface area contributed by atoms with Crippen molar-refractivity contribution in [2.45, 2.75) is 344 Å². The molecule has 22 atom stereocenters. The number of hydrogen-bond acceptors (Lipinski definition) is 27. The number of benzene rings is 1. The topological polar surface area (TPSA) is 547 Å². The minimum absolute atomic E-state index is 0.0164. The highest BCUT2D eigenvalue weighted by Gasteiger charge is 2.46. The molecule has 13 N–H and O–H groups in total. The molecule has 0 radical (unpaired) electrons. The molecule has 143 heavy (non-hydrogen) atoms. The van der Waals surface area contributed by atoms with Crippen LogP contribution < -0.4 is 73.9 Å². The van der Waals surface area contributed by atoms with E-state index in [1.165, 1.54) is 45.9 Å². The fourth-order valence-corrected chi connectivity index (χ4v) is 18.0. The average molecular weight is 2030 g/mol. The molecule has 1 aromatic carbocycles. The van der Waals surface area contributed by atoms with Crippen LogP contribution in [0.5, 0.6) is 5.75 Å². The number of unbranched alkanes of at least 4 members (excludes halogenated alkanes) is 6. The van der Waals surface area contributed by atoms with Crippen LogP contribution in [0.25, 0.3) is 10.4 Å². The van der Waals surface area contributed by atoms with Crippen molar-refractivity contribution in [2.75, 3.05) is 138 Å². The van der Waals surface area contributed by atoms with Crippen LogP contribution in [0.4, 0.5) is 0 Å². The van der Waals surface area contributed by atoms with Crippen LogP contribution >= 0.6 is 0 Å². The van der Waals surface area contributed by atoms with Gasteiger partial charge >= 0.3 is 0 Å². The highest BCUT2D eigenvalue weighted by molar-refractivity contribution is 6.00. The van der Waals surface area contributed by atoms with Crippen molar-refractivity contribution in [3.8, 4) is 5.75 Å². The molecule has 4 saturated heterocycles. The van der Waals surface area contributed by atoms with E-state index in [9.17, 15) is 62.3 Å². The Hall–Kier alpha value is -9.04. The van der Waals surface area contributed by atoms with E-state index in [0.717, 1.165) is 25.7 Å². The van der Waals surface area contributed by atoms with E-state index in [4.69, 9.17) is 67.1 Å². The monoisotopic (exact) mass is 2030 g/mol. The highest BCUT2D eigenvalue weighted by Crippen LogP contribution is 2.38. The van der Waals surface area contributed by atoms with Crippen molar-refractivity contribution in [3.05, 3.63) is 39.8 Å². The quantitative estimate of drug-likeness (QED) is 0.0129. The molecule has 42 nitrogen and oxygen atoms in total. The van der Waals surface area contributed by atoms with Crippen molar-refractivity contribution in [1.29, 1.82) is 0 Å². The van der Waals surface area contributed by atoms with Crippen LogP contribution in [0.15, 0.2) is 23.3 Å². The fourth-order valence-electron chi connectivity index (χ4n) is 18.0. The van der Waals surface area contributed by atoms with Gasteiger partial charge in [-0.25, -0.2) is 0 Å². The molecule has 13 amide bonds. The van der Waals surface area contributed by atoms with Gasteiger partial charge < -0.3 is 131 Å². The molecule has 42 heteroatoms. The number of nitrogens with zero attached hydrogens (tertiary/aromatic N) is 3. The number of carbonyl (C=O) groups is 13.